The lowest BCUT2D eigenvalue weighted by Gasteiger charge is -2.26. The van der Waals surface area contributed by atoms with Gasteiger partial charge >= 0.3 is 0 Å². The minimum Gasteiger partial charge on any atom is -0.377 e. The number of sulfonamides is 1. The maximum absolute atomic E-state index is 12.7. The van der Waals surface area contributed by atoms with Crippen molar-refractivity contribution in [2.75, 3.05) is 25.4 Å². The van der Waals surface area contributed by atoms with Gasteiger partial charge in [0.25, 0.3) is 0 Å². The average molecular weight is 381 g/mol. The number of carbonyl (C=O) groups excluding carboxylic acids is 1. The summed E-state index contributed by atoms with van der Waals surface area (Å²) in [6.45, 7) is 5.65. The molecule has 1 N–H and O–H groups in total. The number of aryl methyl sites for hydroxylation is 2. The SMILES string of the molecule is Cc1ccc(C2CCCN2C(=O)CS(=O)(=O)NCC2CCCO2)cc1C. The minimum absolute atomic E-state index is 0.0323. The van der Waals surface area contributed by atoms with Crippen LogP contribution in [0.15, 0.2) is 18.2 Å². The Labute approximate surface area is 156 Å². The zero-order valence-electron chi connectivity index (χ0n) is 15.5. The van der Waals surface area contributed by atoms with Crippen molar-refractivity contribution in [3.63, 3.8) is 0 Å². The Bertz CT molecular complexity index is 757. The summed E-state index contributed by atoms with van der Waals surface area (Å²) in [5.74, 6) is -0.827. The first kappa shape index (κ1) is 19.3. The molecule has 2 unspecified atom stereocenters. The van der Waals surface area contributed by atoms with E-state index < -0.39 is 15.8 Å². The highest BCUT2D eigenvalue weighted by Crippen LogP contribution is 2.33. The molecular weight excluding hydrogens is 352 g/mol. The molecule has 1 aromatic rings. The Balaban J connectivity index is 1.62. The van der Waals surface area contributed by atoms with Crippen molar-refractivity contribution in [1.29, 1.82) is 0 Å². The van der Waals surface area contributed by atoms with E-state index in [2.05, 4.69) is 30.7 Å². The van der Waals surface area contributed by atoms with E-state index in [9.17, 15) is 13.2 Å². The molecule has 0 radical (unpaired) electrons. The molecule has 26 heavy (non-hydrogen) atoms. The molecule has 6 nitrogen and oxygen atoms in total. The molecule has 144 valence electrons. The third-order valence-electron chi connectivity index (χ3n) is 5.36. The Morgan fingerprint density at radius 2 is 2.04 bits per heavy atom. The molecule has 2 aliphatic rings. The maximum Gasteiger partial charge on any atom is 0.239 e. The second-order valence-corrected chi connectivity index (χ2v) is 9.14. The first-order valence-electron chi connectivity index (χ1n) is 9.31. The highest BCUT2D eigenvalue weighted by atomic mass is 32.2. The fourth-order valence-electron chi connectivity index (χ4n) is 3.71. The van der Waals surface area contributed by atoms with Gasteiger partial charge in [-0.1, -0.05) is 18.2 Å². The van der Waals surface area contributed by atoms with Crippen LogP contribution < -0.4 is 4.72 Å². The number of nitrogens with one attached hydrogen (secondary N) is 1. The summed E-state index contributed by atoms with van der Waals surface area (Å²) in [5.41, 5.74) is 3.49. The monoisotopic (exact) mass is 380 g/mol. The molecule has 2 saturated heterocycles. The zero-order chi connectivity index (χ0) is 18.7. The fraction of sp³-hybridized carbons (Fsp3) is 0.632. The molecule has 0 saturated carbocycles. The second kappa shape index (κ2) is 8.06. The fourth-order valence-corrected chi connectivity index (χ4v) is 4.74. The normalized spacial score (nSPS) is 23.5. The van der Waals surface area contributed by atoms with Crippen molar-refractivity contribution in [2.45, 2.75) is 51.7 Å². The predicted octanol–water partition coefficient (Wildman–Crippen LogP) is 2.07. The van der Waals surface area contributed by atoms with Crippen molar-refractivity contribution in [3.05, 3.63) is 34.9 Å². The third-order valence-corrected chi connectivity index (χ3v) is 6.59. The Hall–Kier alpha value is -1.44. The van der Waals surface area contributed by atoms with Crippen LogP contribution in [-0.4, -0.2) is 50.8 Å². The van der Waals surface area contributed by atoms with Gasteiger partial charge in [0, 0.05) is 19.7 Å². The standard InChI is InChI=1S/C19H28N2O4S/c1-14-7-8-16(11-15(14)2)18-6-3-9-21(18)19(22)13-26(23,24)20-12-17-5-4-10-25-17/h7-8,11,17-18,20H,3-6,9-10,12-13H2,1-2H3. The molecule has 3 rings (SSSR count). The van der Waals surface area contributed by atoms with Crippen molar-refractivity contribution >= 4 is 15.9 Å². The van der Waals surface area contributed by atoms with Crippen molar-refractivity contribution in [1.82, 2.24) is 9.62 Å². The van der Waals surface area contributed by atoms with Gasteiger partial charge in [-0.15, -0.1) is 0 Å². The van der Waals surface area contributed by atoms with Crippen LogP contribution in [0.3, 0.4) is 0 Å². The number of likely N-dealkylation sites (tertiary alicyclic amines) is 1. The van der Waals surface area contributed by atoms with E-state index in [-0.39, 0.29) is 24.6 Å². The molecule has 0 spiro atoms. The number of hydrogen-bond acceptors (Lipinski definition) is 4. The highest BCUT2D eigenvalue weighted by molar-refractivity contribution is 7.90. The number of rotatable bonds is 6. The summed E-state index contributed by atoms with van der Waals surface area (Å²) in [5, 5.41) is 0. The van der Waals surface area contributed by atoms with E-state index in [4.69, 9.17) is 4.74 Å². The van der Waals surface area contributed by atoms with Crippen molar-refractivity contribution in [2.24, 2.45) is 0 Å². The van der Waals surface area contributed by atoms with Crippen LogP contribution in [0, 0.1) is 13.8 Å². The molecule has 7 heteroatoms. The van der Waals surface area contributed by atoms with E-state index in [0.29, 0.717) is 13.2 Å². The molecule has 1 aromatic carbocycles. The lowest BCUT2D eigenvalue weighted by atomic mass is 9.99. The molecule has 0 bridgehead atoms. The van der Waals surface area contributed by atoms with Crippen LogP contribution in [-0.2, 0) is 19.6 Å². The Morgan fingerprint density at radius 3 is 2.73 bits per heavy atom. The smallest absolute Gasteiger partial charge is 0.239 e. The van der Waals surface area contributed by atoms with E-state index >= 15 is 0 Å². The molecule has 0 aromatic heterocycles. The van der Waals surface area contributed by atoms with E-state index in [1.54, 1.807) is 4.90 Å². The summed E-state index contributed by atoms with van der Waals surface area (Å²) in [7, 11) is -3.65. The van der Waals surface area contributed by atoms with Crippen LogP contribution in [0.1, 0.15) is 48.4 Å². The van der Waals surface area contributed by atoms with Gasteiger partial charge in [0.05, 0.1) is 12.1 Å². The number of benzene rings is 1. The molecule has 2 fully saturated rings. The zero-order valence-corrected chi connectivity index (χ0v) is 16.3. The minimum atomic E-state index is -3.65. The quantitative estimate of drug-likeness (QED) is 0.820. The molecule has 2 atom stereocenters. The van der Waals surface area contributed by atoms with Crippen LogP contribution in [0.25, 0.3) is 0 Å². The molecule has 0 aliphatic carbocycles. The van der Waals surface area contributed by atoms with Gasteiger partial charge in [-0.05, 0) is 56.2 Å². The third kappa shape index (κ3) is 4.64. The number of ether oxygens (including phenoxy) is 1. The van der Waals surface area contributed by atoms with Crippen molar-refractivity contribution in [3.8, 4) is 0 Å². The van der Waals surface area contributed by atoms with Gasteiger partial charge in [0.1, 0.15) is 5.75 Å². The summed E-state index contributed by atoms with van der Waals surface area (Å²) >= 11 is 0. The van der Waals surface area contributed by atoms with Gasteiger partial charge < -0.3 is 9.64 Å². The molecular formula is C19H28N2O4S. The molecule has 2 heterocycles. The summed E-state index contributed by atoms with van der Waals surface area (Å²) < 4.78 is 32.5. The van der Waals surface area contributed by atoms with E-state index in [1.807, 2.05) is 6.07 Å². The number of carbonyl (C=O) groups is 1. The number of amides is 1. The van der Waals surface area contributed by atoms with Gasteiger partial charge in [-0.3, -0.25) is 4.79 Å². The van der Waals surface area contributed by atoms with Crippen molar-refractivity contribution < 1.29 is 17.9 Å². The molecule has 2 aliphatic heterocycles. The highest BCUT2D eigenvalue weighted by Gasteiger charge is 2.32. The van der Waals surface area contributed by atoms with Crippen LogP contribution in [0.2, 0.25) is 0 Å². The largest absolute Gasteiger partial charge is 0.377 e. The topological polar surface area (TPSA) is 75.7 Å². The summed E-state index contributed by atoms with van der Waals surface area (Å²) in [4.78, 5) is 14.4. The van der Waals surface area contributed by atoms with Crippen LogP contribution in [0.4, 0.5) is 0 Å². The number of nitrogens with zero attached hydrogens (tertiary/aromatic N) is 1. The Morgan fingerprint density at radius 1 is 1.23 bits per heavy atom. The van der Waals surface area contributed by atoms with Gasteiger partial charge in [-0.25, -0.2) is 13.1 Å². The van der Waals surface area contributed by atoms with Gasteiger partial charge in [-0.2, -0.15) is 0 Å². The van der Waals surface area contributed by atoms with E-state index in [0.717, 1.165) is 31.2 Å². The van der Waals surface area contributed by atoms with Gasteiger partial charge in [0.2, 0.25) is 15.9 Å². The van der Waals surface area contributed by atoms with Crippen LogP contribution >= 0.6 is 0 Å². The first-order valence-corrected chi connectivity index (χ1v) is 11.0. The summed E-state index contributed by atoms with van der Waals surface area (Å²) in [6.07, 6.45) is 3.51. The molecule has 1 amide bonds. The lowest BCUT2D eigenvalue weighted by molar-refractivity contribution is -0.129. The van der Waals surface area contributed by atoms with Crippen LogP contribution in [0.5, 0.6) is 0 Å². The first-order chi connectivity index (χ1) is 12.4. The lowest BCUT2D eigenvalue weighted by Crippen LogP contribution is -2.41. The van der Waals surface area contributed by atoms with Gasteiger partial charge in [0.15, 0.2) is 0 Å². The average Bonchev–Trinajstić information content (AvgIpc) is 3.26. The Kier molecular flexibility index (Phi) is 5.99. The number of hydrogen-bond donors (Lipinski definition) is 1. The van der Waals surface area contributed by atoms with E-state index in [1.165, 1.54) is 11.1 Å². The maximum atomic E-state index is 12.7. The summed E-state index contributed by atoms with van der Waals surface area (Å²) in [6, 6.07) is 6.18. The predicted molar refractivity (Wildman–Crippen MR) is 100 cm³/mol. The second-order valence-electron chi connectivity index (χ2n) is 7.33.